The molecule has 2 aromatic heterocycles. The molecule has 0 saturated heterocycles. The first-order valence-corrected chi connectivity index (χ1v) is 5.62. The number of anilines is 1. The number of aromatic nitrogens is 4. The van der Waals surface area contributed by atoms with E-state index in [1.807, 2.05) is 13.8 Å². The smallest absolute Gasteiger partial charge is 0.260 e. The van der Waals surface area contributed by atoms with Crippen molar-refractivity contribution in [2.75, 3.05) is 5.32 Å². The highest BCUT2D eigenvalue weighted by Gasteiger charge is 2.12. The second-order valence-electron chi connectivity index (χ2n) is 3.54. The van der Waals surface area contributed by atoms with E-state index in [9.17, 15) is 4.79 Å². The Balaban J connectivity index is 2.07. The van der Waals surface area contributed by atoms with Crippen molar-refractivity contribution in [1.29, 1.82) is 0 Å². The molecule has 0 aliphatic heterocycles. The van der Waals surface area contributed by atoms with Crippen molar-refractivity contribution in [3.8, 4) is 0 Å². The molecule has 0 aliphatic rings. The van der Waals surface area contributed by atoms with E-state index in [1.54, 1.807) is 0 Å². The molecule has 16 heavy (non-hydrogen) atoms. The third kappa shape index (κ3) is 2.25. The highest BCUT2D eigenvalue weighted by molar-refractivity contribution is 7.15. The van der Waals surface area contributed by atoms with Crippen LogP contribution >= 0.6 is 11.3 Å². The second kappa shape index (κ2) is 4.40. The van der Waals surface area contributed by atoms with Crippen molar-refractivity contribution < 1.29 is 4.79 Å². The minimum absolute atomic E-state index is 0.236. The van der Waals surface area contributed by atoms with Crippen LogP contribution in [0.15, 0.2) is 12.4 Å². The van der Waals surface area contributed by atoms with Gasteiger partial charge >= 0.3 is 0 Å². The van der Waals surface area contributed by atoms with E-state index in [4.69, 9.17) is 0 Å². The van der Waals surface area contributed by atoms with Gasteiger partial charge in [-0.25, -0.2) is 0 Å². The van der Waals surface area contributed by atoms with Crippen LogP contribution < -0.4 is 5.32 Å². The zero-order valence-electron chi connectivity index (χ0n) is 8.89. The fourth-order valence-corrected chi connectivity index (χ4v) is 1.80. The lowest BCUT2D eigenvalue weighted by Gasteiger charge is -1.96. The van der Waals surface area contributed by atoms with Crippen molar-refractivity contribution >= 4 is 22.4 Å². The second-order valence-corrected chi connectivity index (χ2v) is 4.55. The summed E-state index contributed by atoms with van der Waals surface area (Å²) < 4.78 is 0. The SMILES string of the molecule is CC(C)c1nnc(NC(=O)c2cn[nH]c2)s1. The fraction of sp³-hybridized carbons (Fsp3) is 0.333. The van der Waals surface area contributed by atoms with Crippen LogP contribution in [-0.2, 0) is 0 Å². The van der Waals surface area contributed by atoms with Crippen molar-refractivity contribution in [3.63, 3.8) is 0 Å². The molecule has 2 rings (SSSR count). The van der Waals surface area contributed by atoms with Crippen LogP contribution in [0.3, 0.4) is 0 Å². The summed E-state index contributed by atoms with van der Waals surface area (Å²) in [5, 5.41) is 18.2. The van der Waals surface area contributed by atoms with Gasteiger partial charge in [0.15, 0.2) is 0 Å². The molecule has 0 unspecified atom stereocenters. The monoisotopic (exact) mass is 237 g/mol. The largest absolute Gasteiger partial charge is 0.296 e. The summed E-state index contributed by atoms with van der Waals surface area (Å²) in [5.74, 6) is 0.0808. The molecule has 0 fully saturated rings. The molecule has 0 aromatic carbocycles. The van der Waals surface area contributed by atoms with Gasteiger partial charge < -0.3 is 0 Å². The number of amides is 1. The average molecular weight is 237 g/mol. The molecule has 0 spiro atoms. The predicted molar refractivity (Wildman–Crippen MR) is 60.5 cm³/mol. The highest BCUT2D eigenvalue weighted by atomic mass is 32.1. The van der Waals surface area contributed by atoms with E-state index in [1.165, 1.54) is 23.7 Å². The van der Waals surface area contributed by atoms with Crippen LogP contribution in [-0.4, -0.2) is 26.3 Å². The van der Waals surface area contributed by atoms with Crippen LogP contribution in [0.4, 0.5) is 5.13 Å². The van der Waals surface area contributed by atoms with E-state index in [0.29, 0.717) is 16.6 Å². The van der Waals surface area contributed by atoms with E-state index >= 15 is 0 Å². The predicted octanol–water partition coefficient (Wildman–Crippen LogP) is 1.64. The maximum absolute atomic E-state index is 11.6. The van der Waals surface area contributed by atoms with E-state index < -0.39 is 0 Å². The molecule has 2 aromatic rings. The molecule has 1 amide bonds. The molecule has 6 nitrogen and oxygen atoms in total. The number of hydrogen-bond acceptors (Lipinski definition) is 5. The standard InChI is InChI=1S/C9H11N5OS/c1-5(2)8-13-14-9(16-8)12-7(15)6-3-10-11-4-6/h3-5H,1-2H3,(H,10,11)(H,12,14,15). The Morgan fingerprint density at radius 2 is 2.31 bits per heavy atom. The molecular formula is C9H11N5OS. The van der Waals surface area contributed by atoms with E-state index in [0.717, 1.165) is 5.01 Å². The van der Waals surface area contributed by atoms with Gasteiger partial charge in [0.05, 0.1) is 11.8 Å². The summed E-state index contributed by atoms with van der Waals surface area (Å²) in [4.78, 5) is 11.6. The Morgan fingerprint density at radius 3 is 2.88 bits per heavy atom. The number of aromatic amines is 1. The Hall–Kier alpha value is -1.76. The summed E-state index contributed by atoms with van der Waals surface area (Å²) in [6.07, 6.45) is 2.99. The lowest BCUT2D eigenvalue weighted by atomic mass is 10.2. The Labute approximate surface area is 96.1 Å². The Morgan fingerprint density at radius 1 is 1.50 bits per heavy atom. The van der Waals surface area contributed by atoms with Crippen molar-refractivity contribution in [2.45, 2.75) is 19.8 Å². The lowest BCUT2D eigenvalue weighted by molar-refractivity contribution is 0.102. The number of nitrogens with zero attached hydrogens (tertiary/aromatic N) is 3. The summed E-state index contributed by atoms with van der Waals surface area (Å²) >= 11 is 1.38. The van der Waals surface area contributed by atoms with Crippen LogP contribution in [0, 0.1) is 0 Å². The van der Waals surface area contributed by atoms with Gasteiger partial charge in [-0.05, 0) is 0 Å². The van der Waals surface area contributed by atoms with Gasteiger partial charge in [0, 0.05) is 12.1 Å². The van der Waals surface area contributed by atoms with Gasteiger partial charge in [-0.2, -0.15) is 5.10 Å². The number of carbonyl (C=O) groups excluding carboxylic acids is 1. The minimum Gasteiger partial charge on any atom is -0.296 e. The van der Waals surface area contributed by atoms with Gasteiger partial charge in [0.25, 0.3) is 5.91 Å². The molecule has 0 saturated carbocycles. The normalized spacial score (nSPS) is 10.7. The van der Waals surface area contributed by atoms with Crippen LogP contribution in [0.2, 0.25) is 0 Å². The van der Waals surface area contributed by atoms with Gasteiger partial charge in [-0.15, -0.1) is 10.2 Å². The van der Waals surface area contributed by atoms with Crippen LogP contribution in [0.1, 0.15) is 35.1 Å². The van der Waals surface area contributed by atoms with Crippen molar-refractivity contribution in [3.05, 3.63) is 23.0 Å². The zero-order valence-corrected chi connectivity index (χ0v) is 9.71. The lowest BCUT2D eigenvalue weighted by Crippen LogP contribution is -2.10. The molecule has 2 heterocycles. The summed E-state index contributed by atoms with van der Waals surface area (Å²) in [7, 11) is 0. The van der Waals surface area contributed by atoms with Gasteiger partial charge in [0.1, 0.15) is 5.01 Å². The zero-order chi connectivity index (χ0) is 11.5. The highest BCUT2D eigenvalue weighted by Crippen LogP contribution is 2.22. The third-order valence-electron chi connectivity index (χ3n) is 1.92. The molecule has 0 radical (unpaired) electrons. The molecular weight excluding hydrogens is 226 g/mol. The van der Waals surface area contributed by atoms with Gasteiger partial charge in [-0.3, -0.25) is 15.2 Å². The van der Waals surface area contributed by atoms with E-state index in [-0.39, 0.29) is 5.91 Å². The van der Waals surface area contributed by atoms with E-state index in [2.05, 4.69) is 25.7 Å². The van der Waals surface area contributed by atoms with Crippen LogP contribution in [0.25, 0.3) is 0 Å². The first-order chi connectivity index (χ1) is 7.66. The Bertz CT molecular complexity index is 476. The summed E-state index contributed by atoms with van der Waals surface area (Å²) in [6.45, 7) is 4.06. The maximum Gasteiger partial charge on any atom is 0.260 e. The fourth-order valence-electron chi connectivity index (χ4n) is 1.06. The first kappa shape index (κ1) is 10.7. The van der Waals surface area contributed by atoms with Crippen molar-refractivity contribution in [2.24, 2.45) is 0 Å². The summed E-state index contributed by atoms with van der Waals surface area (Å²) in [5.41, 5.74) is 0.473. The molecule has 0 atom stereocenters. The average Bonchev–Trinajstić information content (AvgIpc) is 2.87. The molecule has 7 heteroatoms. The number of carbonyl (C=O) groups is 1. The number of nitrogens with one attached hydrogen (secondary N) is 2. The summed E-state index contributed by atoms with van der Waals surface area (Å²) in [6, 6.07) is 0. The Kier molecular flexibility index (Phi) is 2.95. The first-order valence-electron chi connectivity index (χ1n) is 4.80. The van der Waals surface area contributed by atoms with Gasteiger partial charge in [0.2, 0.25) is 5.13 Å². The molecule has 84 valence electrons. The number of H-pyrrole nitrogens is 1. The topological polar surface area (TPSA) is 83.6 Å². The van der Waals surface area contributed by atoms with Crippen LogP contribution in [0.5, 0.6) is 0 Å². The molecule has 2 N–H and O–H groups in total. The number of hydrogen-bond donors (Lipinski definition) is 2. The maximum atomic E-state index is 11.6. The molecule has 0 bridgehead atoms. The number of rotatable bonds is 3. The quantitative estimate of drug-likeness (QED) is 0.850. The minimum atomic E-state index is -0.236. The molecule has 0 aliphatic carbocycles. The third-order valence-corrected chi connectivity index (χ3v) is 3.05. The van der Waals surface area contributed by atoms with Crippen molar-refractivity contribution in [1.82, 2.24) is 20.4 Å². The van der Waals surface area contributed by atoms with Gasteiger partial charge in [-0.1, -0.05) is 25.2 Å².